The molecule has 0 radical (unpaired) electrons. The van der Waals surface area contributed by atoms with Gasteiger partial charge >= 0.3 is 0 Å². The van der Waals surface area contributed by atoms with Crippen molar-refractivity contribution in [1.82, 2.24) is 0 Å². The van der Waals surface area contributed by atoms with Gasteiger partial charge in [-0.2, -0.15) is 0 Å². The van der Waals surface area contributed by atoms with E-state index in [1.165, 1.54) is 0 Å². The van der Waals surface area contributed by atoms with Crippen molar-refractivity contribution in [2.24, 2.45) is 28.1 Å². The molecular formula is C10H18N2O2. The molecule has 0 aliphatic heterocycles. The fourth-order valence-electron chi connectivity index (χ4n) is 2.00. The Kier molecular flexibility index (Phi) is 3.49. The van der Waals surface area contributed by atoms with Crippen LogP contribution in [-0.2, 0) is 0 Å². The number of nitrogens with zero attached hydrogens (tertiary/aromatic N) is 2. The minimum Gasteiger partial charge on any atom is -0.411 e. The highest BCUT2D eigenvalue weighted by Crippen LogP contribution is 2.29. The van der Waals surface area contributed by atoms with Gasteiger partial charge in [-0.1, -0.05) is 31.1 Å². The van der Waals surface area contributed by atoms with Crippen LogP contribution in [0.2, 0.25) is 0 Å². The Bertz CT molecular complexity index is 259. The van der Waals surface area contributed by atoms with Crippen LogP contribution >= 0.6 is 0 Å². The largest absolute Gasteiger partial charge is 0.411 e. The molecule has 0 saturated heterocycles. The lowest BCUT2D eigenvalue weighted by atomic mass is 9.75. The van der Waals surface area contributed by atoms with E-state index in [1.807, 2.05) is 6.92 Å². The predicted octanol–water partition coefficient (Wildman–Crippen LogP) is 2.35. The van der Waals surface area contributed by atoms with Gasteiger partial charge in [-0.05, 0) is 18.8 Å². The zero-order valence-electron chi connectivity index (χ0n) is 8.94. The average Bonchev–Trinajstić information content (AvgIpc) is 2.16. The average molecular weight is 198 g/mol. The Labute approximate surface area is 84.3 Å². The van der Waals surface area contributed by atoms with Crippen molar-refractivity contribution < 1.29 is 10.4 Å². The number of hydrogen-bond donors (Lipinski definition) is 2. The summed E-state index contributed by atoms with van der Waals surface area (Å²) in [5, 5.41) is 24.3. The highest BCUT2D eigenvalue weighted by atomic mass is 16.4. The summed E-state index contributed by atoms with van der Waals surface area (Å²) < 4.78 is 0. The molecule has 1 saturated carbocycles. The minimum atomic E-state index is 0.181. The Morgan fingerprint density at radius 2 is 1.71 bits per heavy atom. The zero-order valence-corrected chi connectivity index (χ0v) is 8.94. The molecule has 0 amide bonds. The first kappa shape index (κ1) is 11.0. The van der Waals surface area contributed by atoms with E-state index in [4.69, 9.17) is 10.4 Å². The Balaban J connectivity index is 2.85. The van der Waals surface area contributed by atoms with Crippen LogP contribution in [0.3, 0.4) is 0 Å². The van der Waals surface area contributed by atoms with Crippen molar-refractivity contribution in [2.45, 2.75) is 33.6 Å². The van der Waals surface area contributed by atoms with Crippen molar-refractivity contribution in [2.75, 3.05) is 0 Å². The molecule has 1 aliphatic carbocycles. The van der Waals surface area contributed by atoms with E-state index in [1.54, 1.807) is 0 Å². The highest BCUT2D eigenvalue weighted by Gasteiger charge is 2.31. The first-order chi connectivity index (χ1) is 6.60. The second kappa shape index (κ2) is 4.44. The molecule has 1 rings (SSSR count). The van der Waals surface area contributed by atoms with Crippen molar-refractivity contribution in [3.8, 4) is 0 Å². The molecule has 0 aromatic heterocycles. The van der Waals surface area contributed by atoms with Gasteiger partial charge in [-0.15, -0.1) is 0 Å². The summed E-state index contributed by atoms with van der Waals surface area (Å²) in [5.74, 6) is 0.799. The minimum absolute atomic E-state index is 0.181. The van der Waals surface area contributed by atoms with Crippen molar-refractivity contribution in [1.29, 1.82) is 0 Å². The van der Waals surface area contributed by atoms with Gasteiger partial charge in [0.2, 0.25) is 0 Å². The van der Waals surface area contributed by atoms with Gasteiger partial charge in [0, 0.05) is 11.8 Å². The van der Waals surface area contributed by atoms with Crippen LogP contribution in [-0.4, -0.2) is 21.8 Å². The number of rotatable bonds is 1. The third-order valence-corrected chi connectivity index (χ3v) is 3.00. The van der Waals surface area contributed by atoms with Crippen LogP contribution in [0.25, 0.3) is 0 Å². The number of oxime groups is 2. The summed E-state index contributed by atoms with van der Waals surface area (Å²) in [6, 6.07) is 0. The van der Waals surface area contributed by atoms with E-state index < -0.39 is 0 Å². The SMILES string of the molecule is CC(C)[C@H]1C/C(=N/O)[C@@H](C)C/C1=N/O. The second-order valence-electron chi connectivity index (χ2n) is 4.34. The van der Waals surface area contributed by atoms with E-state index in [0.717, 1.165) is 11.4 Å². The fraction of sp³-hybridized carbons (Fsp3) is 0.800. The molecule has 2 atom stereocenters. The fourth-order valence-corrected chi connectivity index (χ4v) is 2.00. The Morgan fingerprint density at radius 3 is 2.14 bits per heavy atom. The van der Waals surface area contributed by atoms with E-state index >= 15 is 0 Å². The Morgan fingerprint density at radius 1 is 1.14 bits per heavy atom. The molecule has 0 unspecified atom stereocenters. The summed E-state index contributed by atoms with van der Waals surface area (Å²) in [6.45, 7) is 6.15. The summed E-state index contributed by atoms with van der Waals surface area (Å²) in [6.07, 6.45) is 1.40. The molecule has 2 N–H and O–H groups in total. The van der Waals surface area contributed by atoms with Crippen LogP contribution in [0.1, 0.15) is 33.6 Å². The van der Waals surface area contributed by atoms with Crippen LogP contribution in [0.5, 0.6) is 0 Å². The normalized spacial score (nSPS) is 34.3. The van der Waals surface area contributed by atoms with Crippen LogP contribution < -0.4 is 0 Å². The smallest absolute Gasteiger partial charge is 0.0614 e. The third kappa shape index (κ3) is 2.05. The van der Waals surface area contributed by atoms with E-state index in [-0.39, 0.29) is 11.8 Å². The predicted molar refractivity (Wildman–Crippen MR) is 55.2 cm³/mol. The van der Waals surface area contributed by atoms with Crippen molar-refractivity contribution in [3.05, 3.63) is 0 Å². The maximum Gasteiger partial charge on any atom is 0.0614 e. The van der Waals surface area contributed by atoms with E-state index in [9.17, 15) is 0 Å². The third-order valence-electron chi connectivity index (χ3n) is 3.00. The standard InChI is InChI=1S/C10H18N2O2/c1-6(2)8-5-9(11-13)7(3)4-10(8)12-14/h6-8,13-14H,4-5H2,1-3H3/b11-9-,12-10-/t7-,8+/m0/s1. The Hall–Kier alpha value is -1.06. The van der Waals surface area contributed by atoms with Crippen LogP contribution in [0.4, 0.5) is 0 Å². The molecular weight excluding hydrogens is 180 g/mol. The van der Waals surface area contributed by atoms with Crippen LogP contribution in [0, 0.1) is 17.8 Å². The lowest BCUT2D eigenvalue weighted by molar-refractivity contribution is 0.298. The molecule has 0 aromatic carbocycles. The highest BCUT2D eigenvalue weighted by molar-refractivity contribution is 6.00. The molecule has 4 heteroatoms. The van der Waals surface area contributed by atoms with Crippen molar-refractivity contribution in [3.63, 3.8) is 0 Å². The molecule has 80 valence electrons. The first-order valence-corrected chi connectivity index (χ1v) is 5.01. The van der Waals surface area contributed by atoms with E-state index in [0.29, 0.717) is 18.8 Å². The molecule has 14 heavy (non-hydrogen) atoms. The summed E-state index contributed by atoms with van der Waals surface area (Å²) in [5.41, 5.74) is 1.65. The monoisotopic (exact) mass is 198 g/mol. The molecule has 1 fully saturated rings. The molecule has 0 heterocycles. The molecule has 0 aromatic rings. The van der Waals surface area contributed by atoms with Gasteiger partial charge in [-0.3, -0.25) is 0 Å². The second-order valence-corrected chi connectivity index (χ2v) is 4.34. The van der Waals surface area contributed by atoms with Gasteiger partial charge in [0.05, 0.1) is 11.4 Å². The van der Waals surface area contributed by atoms with Gasteiger partial charge in [0.1, 0.15) is 0 Å². The molecule has 1 aliphatic rings. The topological polar surface area (TPSA) is 65.2 Å². The summed E-state index contributed by atoms with van der Waals surface area (Å²) >= 11 is 0. The lowest BCUT2D eigenvalue weighted by Crippen LogP contribution is -2.34. The number of hydrogen-bond acceptors (Lipinski definition) is 4. The molecule has 4 nitrogen and oxygen atoms in total. The van der Waals surface area contributed by atoms with Gasteiger partial charge in [0.15, 0.2) is 0 Å². The molecule has 0 bridgehead atoms. The van der Waals surface area contributed by atoms with E-state index in [2.05, 4.69) is 24.2 Å². The quantitative estimate of drug-likeness (QED) is 0.501. The first-order valence-electron chi connectivity index (χ1n) is 5.01. The lowest BCUT2D eigenvalue weighted by Gasteiger charge is -2.30. The maximum absolute atomic E-state index is 8.87. The maximum atomic E-state index is 8.87. The van der Waals surface area contributed by atoms with Gasteiger partial charge < -0.3 is 10.4 Å². The van der Waals surface area contributed by atoms with Crippen molar-refractivity contribution >= 4 is 11.4 Å². The molecule has 0 spiro atoms. The summed E-state index contributed by atoms with van der Waals surface area (Å²) in [4.78, 5) is 0. The van der Waals surface area contributed by atoms with Gasteiger partial charge in [0.25, 0.3) is 0 Å². The van der Waals surface area contributed by atoms with Crippen LogP contribution in [0.15, 0.2) is 10.3 Å². The zero-order chi connectivity index (χ0) is 10.7. The summed E-state index contributed by atoms with van der Waals surface area (Å²) in [7, 11) is 0. The van der Waals surface area contributed by atoms with Gasteiger partial charge in [-0.25, -0.2) is 0 Å².